The molecule has 0 radical (unpaired) electrons. The first kappa shape index (κ1) is 10.2. The van der Waals surface area contributed by atoms with Crippen LogP contribution < -0.4 is 4.90 Å². The molecular weight excluding hydrogens is 242 g/mol. The van der Waals surface area contributed by atoms with Crippen molar-refractivity contribution in [3.63, 3.8) is 0 Å². The first-order valence-corrected chi connectivity index (χ1v) is 6.87. The monoisotopic (exact) mass is 253 g/mol. The summed E-state index contributed by atoms with van der Waals surface area (Å²) in [4.78, 5) is 16.8. The van der Waals surface area contributed by atoms with Crippen molar-refractivity contribution in [1.29, 1.82) is 0 Å². The summed E-state index contributed by atoms with van der Waals surface area (Å²) in [5.74, 6) is 0.267. The average Bonchev–Trinajstić information content (AvgIpc) is 2.42. The van der Waals surface area contributed by atoms with Crippen molar-refractivity contribution in [3.8, 4) is 0 Å². The topological polar surface area (TPSA) is 20.3 Å². The molecule has 2 aliphatic heterocycles. The van der Waals surface area contributed by atoms with E-state index in [1.54, 1.807) is 11.8 Å². The minimum absolute atomic E-state index is 0.267. The fourth-order valence-corrected chi connectivity index (χ4v) is 3.82. The predicted octanol–water partition coefficient (Wildman–Crippen LogP) is 3.88. The van der Waals surface area contributed by atoms with Crippen LogP contribution in [0.2, 0.25) is 0 Å². The van der Waals surface area contributed by atoms with E-state index in [-0.39, 0.29) is 5.78 Å². The van der Waals surface area contributed by atoms with Gasteiger partial charge < -0.3 is 4.90 Å². The van der Waals surface area contributed by atoms with Gasteiger partial charge in [0.25, 0.3) is 0 Å². The molecule has 2 heterocycles. The predicted molar refractivity (Wildman–Crippen MR) is 73.0 cm³/mol. The largest absolute Gasteiger partial charge is 0.339 e. The van der Waals surface area contributed by atoms with Crippen molar-refractivity contribution in [1.82, 2.24) is 0 Å². The number of hydrogen-bond acceptors (Lipinski definition) is 3. The quantitative estimate of drug-likeness (QED) is 0.710. The number of para-hydroxylation sites is 2. The normalized spacial score (nSPS) is 16.2. The van der Waals surface area contributed by atoms with Gasteiger partial charge in [0.1, 0.15) is 0 Å². The number of fused-ring (bicyclic) bond motifs is 2. The molecule has 0 bridgehead atoms. The third-order valence-electron chi connectivity index (χ3n) is 3.51. The SMILES string of the molecule is O=C1CCN2c3ccccc3Sc3cccc1c32. The number of carbonyl (C=O) groups excluding carboxylic acids is 1. The standard InChI is InChI=1S/C15H11NOS/c17-12-8-9-16-11-5-1-2-6-13(11)18-14-7-3-4-10(12)15(14)16/h1-7H,8-9H2. The van der Waals surface area contributed by atoms with E-state index < -0.39 is 0 Å². The maximum Gasteiger partial charge on any atom is 0.166 e. The lowest BCUT2D eigenvalue weighted by atomic mass is 9.99. The Labute approximate surface area is 110 Å². The third-order valence-corrected chi connectivity index (χ3v) is 4.62. The molecule has 0 amide bonds. The lowest BCUT2D eigenvalue weighted by Crippen LogP contribution is -2.30. The van der Waals surface area contributed by atoms with Crippen LogP contribution in [0.1, 0.15) is 16.8 Å². The fourth-order valence-electron chi connectivity index (χ4n) is 2.69. The zero-order valence-electron chi connectivity index (χ0n) is 9.72. The molecule has 2 nitrogen and oxygen atoms in total. The van der Waals surface area contributed by atoms with Crippen LogP contribution in [0.4, 0.5) is 11.4 Å². The van der Waals surface area contributed by atoms with E-state index in [1.165, 1.54) is 15.5 Å². The van der Waals surface area contributed by atoms with Crippen LogP contribution >= 0.6 is 11.8 Å². The van der Waals surface area contributed by atoms with Crippen LogP contribution in [0.25, 0.3) is 0 Å². The Morgan fingerprint density at radius 2 is 1.83 bits per heavy atom. The van der Waals surface area contributed by atoms with Crippen LogP contribution in [0, 0.1) is 0 Å². The van der Waals surface area contributed by atoms with E-state index in [4.69, 9.17) is 0 Å². The summed E-state index contributed by atoms with van der Waals surface area (Å²) in [6.45, 7) is 0.792. The second-order valence-electron chi connectivity index (χ2n) is 4.55. The number of Topliss-reactive ketones (excluding diaryl/α,β-unsaturated/α-hetero) is 1. The van der Waals surface area contributed by atoms with E-state index in [2.05, 4.69) is 35.2 Å². The van der Waals surface area contributed by atoms with E-state index >= 15 is 0 Å². The van der Waals surface area contributed by atoms with Crippen molar-refractivity contribution in [2.24, 2.45) is 0 Å². The molecule has 0 saturated heterocycles. The van der Waals surface area contributed by atoms with Crippen LogP contribution in [0.5, 0.6) is 0 Å². The second-order valence-corrected chi connectivity index (χ2v) is 5.63. The summed E-state index contributed by atoms with van der Waals surface area (Å²) in [7, 11) is 0. The van der Waals surface area contributed by atoms with Crippen LogP contribution in [-0.4, -0.2) is 12.3 Å². The fraction of sp³-hybridized carbons (Fsp3) is 0.133. The highest BCUT2D eigenvalue weighted by Gasteiger charge is 2.31. The van der Waals surface area contributed by atoms with E-state index in [0.29, 0.717) is 6.42 Å². The Morgan fingerprint density at radius 3 is 2.78 bits per heavy atom. The Balaban J connectivity index is 2.01. The molecule has 0 aromatic heterocycles. The summed E-state index contributed by atoms with van der Waals surface area (Å²) >= 11 is 1.76. The number of ketones is 1. The zero-order chi connectivity index (χ0) is 12.1. The molecule has 0 atom stereocenters. The summed E-state index contributed by atoms with van der Waals surface area (Å²) in [6, 6.07) is 14.4. The Bertz CT molecular complexity index is 665. The molecule has 2 aromatic rings. The Hall–Kier alpha value is -1.74. The number of anilines is 2. The van der Waals surface area contributed by atoms with E-state index in [9.17, 15) is 4.79 Å². The summed E-state index contributed by atoms with van der Waals surface area (Å²) < 4.78 is 0. The highest BCUT2D eigenvalue weighted by Crippen LogP contribution is 2.50. The van der Waals surface area contributed by atoms with Crippen molar-refractivity contribution in [2.75, 3.05) is 11.4 Å². The van der Waals surface area contributed by atoms with Crippen LogP contribution in [-0.2, 0) is 0 Å². The molecule has 3 heteroatoms. The van der Waals surface area contributed by atoms with Crippen molar-refractivity contribution < 1.29 is 4.79 Å². The number of nitrogens with zero attached hydrogens (tertiary/aromatic N) is 1. The molecular formula is C15H11NOS. The van der Waals surface area contributed by atoms with Gasteiger partial charge in [-0.1, -0.05) is 30.0 Å². The molecule has 0 spiro atoms. The van der Waals surface area contributed by atoms with Crippen molar-refractivity contribution in [3.05, 3.63) is 48.0 Å². The molecule has 2 aromatic carbocycles. The molecule has 0 aliphatic carbocycles. The van der Waals surface area contributed by atoms with E-state index in [1.807, 2.05) is 12.1 Å². The van der Waals surface area contributed by atoms with E-state index in [0.717, 1.165) is 17.8 Å². The smallest absolute Gasteiger partial charge is 0.166 e. The Morgan fingerprint density at radius 1 is 1.00 bits per heavy atom. The van der Waals surface area contributed by atoms with Gasteiger partial charge in [-0.3, -0.25) is 4.79 Å². The molecule has 0 fully saturated rings. The van der Waals surface area contributed by atoms with Gasteiger partial charge >= 0.3 is 0 Å². The highest BCUT2D eigenvalue weighted by atomic mass is 32.2. The molecule has 2 aliphatic rings. The number of rotatable bonds is 0. The van der Waals surface area contributed by atoms with Gasteiger partial charge in [0.15, 0.2) is 5.78 Å². The van der Waals surface area contributed by atoms with Gasteiger partial charge in [-0.25, -0.2) is 0 Å². The molecule has 0 unspecified atom stereocenters. The first-order valence-electron chi connectivity index (χ1n) is 6.05. The third kappa shape index (κ3) is 1.28. The molecule has 4 rings (SSSR count). The minimum atomic E-state index is 0.267. The second kappa shape index (κ2) is 3.62. The van der Waals surface area contributed by atoms with Gasteiger partial charge in [0.05, 0.1) is 11.4 Å². The summed E-state index contributed by atoms with van der Waals surface area (Å²) in [6.07, 6.45) is 0.607. The van der Waals surface area contributed by atoms with Crippen molar-refractivity contribution >= 4 is 28.9 Å². The van der Waals surface area contributed by atoms with Gasteiger partial charge in [0.2, 0.25) is 0 Å². The molecule has 0 saturated carbocycles. The Kier molecular flexibility index (Phi) is 2.06. The lowest BCUT2D eigenvalue weighted by Gasteiger charge is -2.36. The zero-order valence-corrected chi connectivity index (χ0v) is 10.5. The minimum Gasteiger partial charge on any atom is -0.339 e. The molecule has 88 valence electrons. The molecule has 0 N–H and O–H groups in total. The summed E-state index contributed by atoms with van der Waals surface area (Å²) in [5.41, 5.74) is 3.22. The van der Waals surface area contributed by atoms with Crippen LogP contribution in [0.15, 0.2) is 52.3 Å². The number of carbonyl (C=O) groups is 1. The average molecular weight is 253 g/mol. The van der Waals surface area contributed by atoms with Gasteiger partial charge in [-0.15, -0.1) is 0 Å². The van der Waals surface area contributed by atoms with Crippen molar-refractivity contribution in [2.45, 2.75) is 16.2 Å². The maximum atomic E-state index is 12.0. The highest BCUT2D eigenvalue weighted by molar-refractivity contribution is 7.99. The van der Waals surface area contributed by atoms with Crippen LogP contribution in [0.3, 0.4) is 0 Å². The number of hydrogen-bond donors (Lipinski definition) is 0. The molecule has 18 heavy (non-hydrogen) atoms. The van der Waals surface area contributed by atoms with Gasteiger partial charge in [-0.2, -0.15) is 0 Å². The maximum absolute atomic E-state index is 12.0. The van der Waals surface area contributed by atoms with Gasteiger partial charge in [0, 0.05) is 28.3 Å². The number of benzene rings is 2. The van der Waals surface area contributed by atoms with Gasteiger partial charge in [-0.05, 0) is 24.3 Å². The summed E-state index contributed by atoms with van der Waals surface area (Å²) in [5, 5.41) is 0. The first-order chi connectivity index (χ1) is 8.84. The lowest BCUT2D eigenvalue weighted by molar-refractivity contribution is 0.0981.